The molecule has 0 saturated heterocycles. The van der Waals surface area contributed by atoms with Crippen molar-refractivity contribution in [2.75, 3.05) is 5.32 Å². The molecule has 3 heterocycles. The largest absolute Gasteiger partial charge is 0.416 e. The van der Waals surface area contributed by atoms with Crippen LogP contribution in [0.3, 0.4) is 0 Å². The number of pyridine rings is 3. The molecule has 9 heteroatoms. The van der Waals surface area contributed by atoms with E-state index in [2.05, 4.69) is 32.1 Å². The zero-order valence-electron chi connectivity index (χ0n) is 21.1. The Balaban J connectivity index is 1.38. The summed E-state index contributed by atoms with van der Waals surface area (Å²) in [5.74, 6) is 5.47. The van der Waals surface area contributed by atoms with Gasteiger partial charge >= 0.3 is 6.18 Å². The van der Waals surface area contributed by atoms with Crippen LogP contribution in [0.4, 0.5) is 18.9 Å². The number of carbonyl (C=O) groups is 1. The summed E-state index contributed by atoms with van der Waals surface area (Å²) >= 11 is 0. The Morgan fingerprint density at radius 3 is 2.62 bits per heavy atom. The molecule has 0 bridgehead atoms. The highest BCUT2D eigenvalue weighted by atomic mass is 19.4. The molecule has 0 aliphatic heterocycles. The Hall–Kier alpha value is -5.23. The number of H-pyrrole nitrogens is 1. The van der Waals surface area contributed by atoms with Gasteiger partial charge < -0.3 is 10.3 Å². The van der Waals surface area contributed by atoms with Crippen molar-refractivity contribution in [2.24, 2.45) is 0 Å². The second-order valence-corrected chi connectivity index (χ2v) is 9.13. The maximum Gasteiger partial charge on any atom is 0.416 e. The van der Waals surface area contributed by atoms with Gasteiger partial charge in [0.15, 0.2) is 0 Å². The molecule has 5 aromatic rings. The molecule has 0 aliphatic carbocycles. The zero-order valence-corrected chi connectivity index (χ0v) is 21.1. The fourth-order valence-electron chi connectivity index (χ4n) is 4.14. The molecular weight excluding hydrogens is 517 g/mol. The normalized spacial score (nSPS) is 11.1. The van der Waals surface area contributed by atoms with Crippen molar-refractivity contribution < 1.29 is 18.0 Å². The van der Waals surface area contributed by atoms with Gasteiger partial charge in [-0.25, -0.2) is 4.98 Å². The van der Waals surface area contributed by atoms with Crippen LogP contribution in [0, 0.1) is 18.8 Å². The van der Waals surface area contributed by atoms with Crippen LogP contribution in [-0.2, 0) is 12.6 Å². The lowest BCUT2D eigenvalue weighted by molar-refractivity contribution is -0.138. The summed E-state index contributed by atoms with van der Waals surface area (Å²) in [4.78, 5) is 35.2. The molecular formula is C31H21F3N4O2. The Labute approximate surface area is 227 Å². The van der Waals surface area contributed by atoms with Gasteiger partial charge in [0.25, 0.3) is 5.91 Å². The number of aromatic amines is 1. The third-order valence-corrected chi connectivity index (χ3v) is 6.20. The van der Waals surface area contributed by atoms with Crippen molar-refractivity contribution in [3.05, 3.63) is 135 Å². The summed E-state index contributed by atoms with van der Waals surface area (Å²) in [5.41, 5.74) is 2.40. The second-order valence-electron chi connectivity index (χ2n) is 9.13. The van der Waals surface area contributed by atoms with Crippen molar-refractivity contribution in [3.63, 3.8) is 0 Å². The maximum atomic E-state index is 13.9. The summed E-state index contributed by atoms with van der Waals surface area (Å²) in [6.07, 6.45) is 0.0680. The highest BCUT2D eigenvalue weighted by Gasteiger charge is 2.33. The predicted molar refractivity (Wildman–Crippen MR) is 146 cm³/mol. The monoisotopic (exact) mass is 538 g/mol. The van der Waals surface area contributed by atoms with E-state index in [0.717, 1.165) is 17.0 Å². The number of alkyl halides is 3. The fourth-order valence-corrected chi connectivity index (χ4v) is 4.14. The van der Waals surface area contributed by atoms with Crippen LogP contribution in [0.15, 0.2) is 90.1 Å². The molecule has 0 saturated carbocycles. The molecule has 6 nitrogen and oxygen atoms in total. The smallest absolute Gasteiger partial charge is 0.322 e. The number of hydrogen-bond donors (Lipinski definition) is 2. The molecule has 2 aromatic carbocycles. The molecule has 2 N–H and O–H groups in total. The molecule has 0 atom stereocenters. The number of aryl methyl sites for hydroxylation is 1. The molecule has 0 spiro atoms. The molecule has 0 unspecified atom stereocenters. The van der Waals surface area contributed by atoms with Crippen LogP contribution in [0.1, 0.15) is 43.7 Å². The quantitative estimate of drug-likeness (QED) is 0.280. The molecule has 5 rings (SSSR count). The van der Waals surface area contributed by atoms with Crippen LogP contribution >= 0.6 is 0 Å². The number of nitrogens with one attached hydrogen (secondary N) is 2. The SMILES string of the molecule is Cc1ccc(C(=O)Nc2ccc(Cc3cccnc3)c(C(F)(F)F)c2)cc1C#Cc1cnc2[nH]c(=O)ccc2c1. The van der Waals surface area contributed by atoms with E-state index in [1.165, 1.54) is 30.6 Å². The first kappa shape index (κ1) is 26.4. The Kier molecular flexibility index (Phi) is 7.17. The number of hydrogen-bond acceptors (Lipinski definition) is 4. The first-order valence-corrected chi connectivity index (χ1v) is 12.2. The van der Waals surface area contributed by atoms with Crippen molar-refractivity contribution >= 4 is 22.6 Å². The lowest BCUT2D eigenvalue weighted by Gasteiger charge is -2.15. The number of fused-ring (bicyclic) bond motifs is 1. The summed E-state index contributed by atoms with van der Waals surface area (Å²) < 4.78 is 41.6. The van der Waals surface area contributed by atoms with Crippen molar-refractivity contribution in [1.82, 2.24) is 15.0 Å². The summed E-state index contributed by atoms with van der Waals surface area (Å²) in [5, 5.41) is 3.29. The Morgan fingerprint density at radius 1 is 1.00 bits per heavy atom. The standard InChI is InChI=1S/C31H21F3N4O2/c1-19-4-6-25(15-22(19)7-5-21-14-24-9-11-28(39)38-29(24)36-18-21)30(40)37-26-10-8-23(27(16-26)31(32,33)34)13-20-3-2-12-35-17-20/h2-4,6,8-12,14-18H,13H2,1H3,(H,37,40)(H,36,38,39). The fraction of sp³-hybridized carbons (Fsp3) is 0.0968. The molecule has 3 aromatic heterocycles. The summed E-state index contributed by atoms with van der Waals surface area (Å²) in [6, 6.07) is 16.9. The number of nitrogens with zero attached hydrogens (tertiary/aromatic N) is 2. The van der Waals surface area contributed by atoms with Gasteiger partial charge in [0, 0.05) is 52.4 Å². The Morgan fingerprint density at radius 2 is 1.85 bits per heavy atom. The van der Waals surface area contributed by atoms with Crippen molar-refractivity contribution in [3.8, 4) is 11.8 Å². The summed E-state index contributed by atoms with van der Waals surface area (Å²) in [7, 11) is 0. The maximum absolute atomic E-state index is 13.9. The molecule has 1 amide bonds. The van der Waals surface area contributed by atoms with Gasteiger partial charge in [0.05, 0.1) is 5.56 Å². The van der Waals surface area contributed by atoms with Crippen LogP contribution in [-0.4, -0.2) is 20.9 Å². The summed E-state index contributed by atoms with van der Waals surface area (Å²) in [6.45, 7) is 1.84. The number of carbonyl (C=O) groups excluding carboxylic acids is 1. The number of halogens is 3. The second kappa shape index (κ2) is 10.9. The average molecular weight is 539 g/mol. The lowest BCUT2D eigenvalue weighted by Crippen LogP contribution is -2.15. The third kappa shape index (κ3) is 6.08. The van der Waals surface area contributed by atoms with E-state index in [9.17, 15) is 22.8 Å². The first-order chi connectivity index (χ1) is 19.2. The van der Waals surface area contributed by atoms with Gasteiger partial charge in [-0.1, -0.05) is 30.0 Å². The topological polar surface area (TPSA) is 87.7 Å². The molecule has 198 valence electrons. The van der Waals surface area contributed by atoms with Crippen LogP contribution in [0.25, 0.3) is 11.0 Å². The van der Waals surface area contributed by atoms with E-state index in [1.54, 1.807) is 48.7 Å². The van der Waals surface area contributed by atoms with Gasteiger partial charge in [-0.05, 0) is 72.5 Å². The van der Waals surface area contributed by atoms with E-state index in [-0.39, 0.29) is 28.8 Å². The van der Waals surface area contributed by atoms with E-state index < -0.39 is 17.6 Å². The van der Waals surface area contributed by atoms with E-state index in [0.29, 0.717) is 22.3 Å². The highest BCUT2D eigenvalue weighted by Crippen LogP contribution is 2.35. The van der Waals surface area contributed by atoms with Gasteiger partial charge in [-0.15, -0.1) is 0 Å². The third-order valence-electron chi connectivity index (χ3n) is 6.20. The van der Waals surface area contributed by atoms with E-state index >= 15 is 0 Å². The van der Waals surface area contributed by atoms with Crippen LogP contribution in [0.2, 0.25) is 0 Å². The van der Waals surface area contributed by atoms with Gasteiger partial charge in [0.1, 0.15) is 5.65 Å². The van der Waals surface area contributed by atoms with Crippen LogP contribution < -0.4 is 10.9 Å². The minimum atomic E-state index is -4.60. The van der Waals surface area contributed by atoms with Gasteiger partial charge in [-0.2, -0.15) is 13.2 Å². The Bertz CT molecular complexity index is 1850. The van der Waals surface area contributed by atoms with Crippen molar-refractivity contribution in [1.29, 1.82) is 0 Å². The highest BCUT2D eigenvalue weighted by molar-refractivity contribution is 6.04. The first-order valence-electron chi connectivity index (χ1n) is 12.2. The molecule has 0 aliphatic rings. The van der Waals surface area contributed by atoms with Crippen LogP contribution in [0.5, 0.6) is 0 Å². The number of anilines is 1. The number of rotatable bonds is 4. The van der Waals surface area contributed by atoms with E-state index in [4.69, 9.17) is 0 Å². The number of benzene rings is 2. The molecule has 40 heavy (non-hydrogen) atoms. The number of amides is 1. The van der Waals surface area contributed by atoms with Crippen molar-refractivity contribution in [2.45, 2.75) is 19.5 Å². The van der Waals surface area contributed by atoms with Gasteiger partial charge in [-0.3, -0.25) is 14.6 Å². The number of aromatic nitrogens is 3. The van der Waals surface area contributed by atoms with Gasteiger partial charge in [0.2, 0.25) is 5.56 Å². The average Bonchev–Trinajstić information content (AvgIpc) is 2.93. The minimum Gasteiger partial charge on any atom is -0.322 e. The zero-order chi connectivity index (χ0) is 28.3. The molecule has 0 radical (unpaired) electrons. The lowest BCUT2D eigenvalue weighted by atomic mass is 9.99. The molecule has 0 fully saturated rings. The minimum absolute atomic E-state index is 0.0285. The predicted octanol–water partition coefficient (Wildman–Crippen LogP) is 5.89. The van der Waals surface area contributed by atoms with E-state index in [1.807, 2.05) is 6.92 Å².